The number of aromatic amines is 1. The molecule has 1 aliphatic heterocycles. The Hall–Kier alpha value is -3.11. The van der Waals surface area contributed by atoms with Gasteiger partial charge in [-0.1, -0.05) is 6.07 Å². The van der Waals surface area contributed by atoms with Crippen molar-refractivity contribution in [3.05, 3.63) is 64.3 Å². The second-order valence-electron chi connectivity index (χ2n) is 8.73. The number of carboxylic acid groups (broad SMARTS) is 1. The highest BCUT2D eigenvalue weighted by Crippen LogP contribution is 2.36. The topological polar surface area (TPSA) is 68.8 Å². The fourth-order valence-electron chi connectivity index (χ4n) is 4.89. The van der Waals surface area contributed by atoms with E-state index in [1.54, 1.807) is 12.0 Å². The van der Waals surface area contributed by atoms with Crippen molar-refractivity contribution in [1.82, 2.24) is 14.8 Å². The molecule has 1 fully saturated rings. The highest BCUT2D eigenvalue weighted by Gasteiger charge is 2.32. The molecule has 2 aromatic carbocycles. The lowest BCUT2D eigenvalue weighted by Crippen LogP contribution is -2.49. The molecule has 1 saturated heterocycles. The number of carbonyl (C=O) groups is 1. The average Bonchev–Trinajstić information content (AvgIpc) is 3.31. The molecule has 1 unspecified atom stereocenters. The van der Waals surface area contributed by atoms with Gasteiger partial charge in [0.15, 0.2) is 0 Å². The molecule has 1 aromatic heterocycles. The Labute approximate surface area is 200 Å². The standard InChI is InChI=1S/C25H27F4N3O3/c1-14-9-21(35-2)19(16-5-6-30-23(14)16)11-32-8-7-31(13-22(26)27)12-20(32)15-3-4-17(25(33)34)18(10-15)24(28)29/h3-6,9-10,20,22,24,30H,7-8,11-13H2,1-2H3,(H,33,34). The first-order valence-corrected chi connectivity index (χ1v) is 11.2. The molecule has 0 aliphatic carbocycles. The number of methoxy groups -OCH3 is 1. The molecular weight excluding hydrogens is 466 g/mol. The first kappa shape index (κ1) is 25.0. The Morgan fingerprint density at radius 1 is 1.20 bits per heavy atom. The number of fused-ring (bicyclic) bond motifs is 1. The number of benzene rings is 2. The average molecular weight is 494 g/mol. The van der Waals surface area contributed by atoms with Crippen molar-refractivity contribution in [3.8, 4) is 5.75 Å². The first-order valence-electron chi connectivity index (χ1n) is 11.2. The molecule has 188 valence electrons. The summed E-state index contributed by atoms with van der Waals surface area (Å²) in [6.07, 6.45) is -3.67. The van der Waals surface area contributed by atoms with Crippen LogP contribution in [0.4, 0.5) is 17.6 Å². The lowest BCUT2D eigenvalue weighted by atomic mass is 9.95. The minimum atomic E-state index is -2.98. The Morgan fingerprint density at radius 2 is 1.97 bits per heavy atom. The molecule has 10 heteroatoms. The first-order chi connectivity index (χ1) is 16.7. The molecule has 1 aliphatic rings. The van der Waals surface area contributed by atoms with Gasteiger partial charge >= 0.3 is 5.97 Å². The highest BCUT2D eigenvalue weighted by molar-refractivity contribution is 5.89. The molecule has 0 saturated carbocycles. The number of alkyl halides is 4. The van der Waals surface area contributed by atoms with Gasteiger partial charge in [0.2, 0.25) is 0 Å². The molecular formula is C25H27F4N3O3. The second-order valence-corrected chi connectivity index (χ2v) is 8.73. The number of aromatic nitrogens is 1. The zero-order valence-electron chi connectivity index (χ0n) is 19.4. The van der Waals surface area contributed by atoms with Gasteiger partial charge in [0.05, 0.1) is 19.2 Å². The number of carboxylic acids is 1. The molecule has 0 bridgehead atoms. The maximum absolute atomic E-state index is 13.7. The molecule has 3 aromatic rings. The van der Waals surface area contributed by atoms with Crippen LogP contribution < -0.4 is 4.74 Å². The van der Waals surface area contributed by atoms with Gasteiger partial charge in [-0.25, -0.2) is 22.4 Å². The quantitative estimate of drug-likeness (QED) is 0.420. The molecule has 0 spiro atoms. The summed E-state index contributed by atoms with van der Waals surface area (Å²) in [5, 5.41) is 10.3. The molecule has 6 nitrogen and oxygen atoms in total. The Bertz CT molecular complexity index is 1210. The van der Waals surface area contributed by atoms with E-state index in [0.717, 1.165) is 22.0 Å². The number of piperazine rings is 1. The van der Waals surface area contributed by atoms with E-state index in [2.05, 4.69) is 4.98 Å². The fraction of sp³-hybridized carbons (Fsp3) is 0.400. The summed E-state index contributed by atoms with van der Waals surface area (Å²) >= 11 is 0. The monoisotopic (exact) mass is 493 g/mol. The van der Waals surface area contributed by atoms with Gasteiger partial charge in [0.1, 0.15) is 5.75 Å². The van der Waals surface area contributed by atoms with E-state index in [0.29, 0.717) is 30.9 Å². The molecule has 0 amide bonds. The SMILES string of the molecule is COc1cc(C)c2[nH]ccc2c1CN1CCN(CC(F)F)CC1c1ccc(C(=O)O)c(C(F)F)c1. The molecule has 1 atom stereocenters. The number of halogens is 4. The number of aromatic carboxylic acids is 1. The van der Waals surface area contributed by atoms with Crippen LogP contribution in [0.5, 0.6) is 5.75 Å². The molecule has 4 rings (SSSR count). The summed E-state index contributed by atoms with van der Waals surface area (Å²) in [4.78, 5) is 18.3. The van der Waals surface area contributed by atoms with Crippen molar-refractivity contribution < 1.29 is 32.2 Å². The van der Waals surface area contributed by atoms with Gasteiger partial charge in [-0.05, 0) is 42.3 Å². The van der Waals surface area contributed by atoms with Crippen molar-refractivity contribution in [1.29, 1.82) is 0 Å². The van der Waals surface area contributed by atoms with Crippen LogP contribution in [0.15, 0.2) is 36.5 Å². The largest absolute Gasteiger partial charge is 0.496 e. The van der Waals surface area contributed by atoms with Crippen LogP contribution in [-0.4, -0.2) is 65.6 Å². The van der Waals surface area contributed by atoms with Crippen LogP contribution in [0.1, 0.15) is 45.1 Å². The predicted octanol–water partition coefficient (Wildman–Crippen LogP) is 5.24. The lowest BCUT2D eigenvalue weighted by molar-refractivity contribution is 0.0244. The summed E-state index contributed by atoms with van der Waals surface area (Å²) in [5.74, 6) is -0.760. The van der Waals surface area contributed by atoms with E-state index in [4.69, 9.17) is 4.74 Å². The maximum Gasteiger partial charge on any atom is 0.336 e. The maximum atomic E-state index is 13.7. The van der Waals surface area contributed by atoms with Crippen LogP contribution in [0.25, 0.3) is 10.9 Å². The van der Waals surface area contributed by atoms with E-state index in [1.165, 1.54) is 18.2 Å². The van der Waals surface area contributed by atoms with Crippen LogP contribution in [0.3, 0.4) is 0 Å². The number of H-pyrrole nitrogens is 1. The number of aryl methyl sites for hydroxylation is 1. The number of hydrogen-bond acceptors (Lipinski definition) is 4. The van der Waals surface area contributed by atoms with Gasteiger partial charge < -0.3 is 14.8 Å². The summed E-state index contributed by atoms with van der Waals surface area (Å²) in [6, 6.07) is 7.22. The van der Waals surface area contributed by atoms with Crippen molar-refractivity contribution >= 4 is 16.9 Å². The fourth-order valence-corrected chi connectivity index (χ4v) is 4.89. The molecule has 2 N–H and O–H groups in total. The van der Waals surface area contributed by atoms with Gasteiger partial charge in [0, 0.05) is 60.4 Å². The Morgan fingerprint density at radius 3 is 2.63 bits per heavy atom. The van der Waals surface area contributed by atoms with Crippen molar-refractivity contribution in [2.75, 3.05) is 33.3 Å². The van der Waals surface area contributed by atoms with Crippen molar-refractivity contribution in [3.63, 3.8) is 0 Å². The summed E-state index contributed by atoms with van der Waals surface area (Å²) in [6.45, 7) is 2.95. The van der Waals surface area contributed by atoms with Crippen molar-refractivity contribution in [2.24, 2.45) is 0 Å². The molecule has 35 heavy (non-hydrogen) atoms. The second kappa shape index (κ2) is 10.2. The minimum absolute atomic E-state index is 0.198. The van der Waals surface area contributed by atoms with Gasteiger partial charge in [-0.3, -0.25) is 9.80 Å². The predicted molar refractivity (Wildman–Crippen MR) is 124 cm³/mol. The third kappa shape index (κ3) is 5.13. The number of nitrogens with one attached hydrogen (secondary N) is 1. The van der Waals surface area contributed by atoms with Gasteiger partial charge in [-0.15, -0.1) is 0 Å². The van der Waals surface area contributed by atoms with E-state index in [1.807, 2.05) is 30.2 Å². The normalized spacial score (nSPS) is 17.5. The van der Waals surface area contributed by atoms with E-state index >= 15 is 0 Å². The minimum Gasteiger partial charge on any atom is -0.496 e. The van der Waals surface area contributed by atoms with E-state index in [9.17, 15) is 27.5 Å². The van der Waals surface area contributed by atoms with Crippen LogP contribution >= 0.6 is 0 Å². The lowest BCUT2D eigenvalue weighted by Gasteiger charge is -2.42. The molecule has 0 radical (unpaired) electrons. The van der Waals surface area contributed by atoms with Crippen molar-refractivity contribution in [2.45, 2.75) is 32.4 Å². The summed E-state index contributed by atoms with van der Waals surface area (Å²) in [7, 11) is 1.58. The summed E-state index contributed by atoms with van der Waals surface area (Å²) < 4.78 is 59.3. The highest BCUT2D eigenvalue weighted by atomic mass is 19.3. The van der Waals surface area contributed by atoms with E-state index in [-0.39, 0.29) is 6.54 Å². The van der Waals surface area contributed by atoms with Gasteiger partial charge in [-0.2, -0.15) is 0 Å². The zero-order valence-corrected chi connectivity index (χ0v) is 19.4. The van der Waals surface area contributed by atoms with Crippen LogP contribution in [0, 0.1) is 6.92 Å². The smallest absolute Gasteiger partial charge is 0.336 e. The Balaban J connectivity index is 1.75. The van der Waals surface area contributed by atoms with E-state index < -0.39 is 42.5 Å². The third-order valence-electron chi connectivity index (χ3n) is 6.59. The zero-order chi connectivity index (χ0) is 25.3. The Kier molecular flexibility index (Phi) is 7.32. The number of ether oxygens (including phenoxy) is 1. The third-order valence-corrected chi connectivity index (χ3v) is 6.59. The number of nitrogens with zero attached hydrogens (tertiary/aromatic N) is 2. The van der Waals surface area contributed by atoms with Gasteiger partial charge in [0.25, 0.3) is 12.9 Å². The number of hydrogen-bond donors (Lipinski definition) is 2. The number of rotatable bonds is 8. The molecule has 2 heterocycles. The van der Waals surface area contributed by atoms with Crippen LogP contribution in [0.2, 0.25) is 0 Å². The van der Waals surface area contributed by atoms with Crippen LogP contribution in [-0.2, 0) is 6.54 Å². The summed E-state index contributed by atoms with van der Waals surface area (Å²) in [5.41, 5.74) is 2.28.